The van der Waals surface area contributed by atoms with Crippen molar-refractivity contribution in [1.82, 2.24) is 20.0 Å². The van der Waals surface area contributed by atoms with Gasteiger partial charge in [0, 0.05) is 42.3 Å². The minimum absolute atomic E-state index is 0.0305. The summed E-state index contributed by atoms with van der Waals surface area (Å²) in [5.41, 5.74) is 3.19. The Labute approximate surface area is 158 Å². The Morgan fingerprint density at radius 1 is 1.42 bits per heavy atom. The minimum atomic E-state index is -0.412. The monoisotopic (exact) mass is 376 g/mol. The highest BCUT2D eigenvalue weighted by Gasteiger charge is 2.28. The molecule has 0 bridgehead atoms. The molecule has 6 nitrogen and oxygen atoms in total. The minimum Gasteiger partial charge on any atom is -0.387 e. The van der Waals surface area contributed by atoms with E-state index >= 15 is 0 Å². The van der Waals surface area contributed by atoms with Gasteiger partial charge in [-0.15, -0.1) is 11.3 Å². The van der Waals surface area contributed by atoms with Crippen LogP contribution in [0.4, 0.5) is 4.79 Å². The molecule has 26 heavy (non-hydrogen) atoms. The van der Waals surface area contributed by atoms with Crippen LogP contribution in [-0.4, -0.2) is 38.9 Å². The van der Waals surface area contributed by atoms with Crippen LogP contribution >= 0.6 is 11.3 Å². The molecule has 1 saturated heterocycles. The van der Waals surface area contributed by atoms with E-state index in [1.807, 2.05) is 40.9 Å². The van der Waals surface area contributed by atoms with Crippen molar-refractivity contribution in [1.29, 1.82) is 0 Å². The van der Waals surface area contributed by atoms with Gasteiger partial charge in [-0.05, 0) is 51.0 Å². The lowest BCUT2D eigenvalue weighted by atomic mass is 9.90. The van der Waals surface area contributed by atoms with Crippen molar-refractivity contribution in [3.05, 3.63) is 39.3 Å². The summed E-state index contributed by atoms with van der Waals surface area (Å²) in [4.78, 5) is 15.4. The fourth-order valence-electron chi connectivity index (χ4n) is 3.68. The van der Waals surface area contributed by atoms with Gasteiger partial charge < -0.3 is 15.3 Å². The Kier molecular flexibility index (Phi) is 5.98. The molecule has 0 saturated carbocycles. The number of carbonyl (C=O) groups is 1. The largest absolute Gasteiger partial charge is 0.387 e. The smallest absolute Gasteiger partial charge is 0.317 e. The summed E-state index contributed by atoms with van der Waals surface area (Å²) < 4.78 is 1.97. The predicted molar refractivity (Wildman–Crippen MR) is 103 cm³/mol. The summed E-state index contributed by atoms with van der Waals surface area (Å²) in [6.45, 7) is 8.81. The molecule has 0 aromatic carbocycles. The molecule has 2 amide bonds. The molecule has 3 rings (SSSR count). The molecule has 1 unspecified atom stereocenters. The van der Waals surface area contributed by atoms with E-state index in [9.17, 15) is 9.90 Å². The molecule has 0 aliphatic carbocycles. The van der Waals surface area contributed by atoms with E-state index in [1.54, 1.807) is 11.3 Å². The van der Waals surface area contributed by atoms with Gasteiger partial charge in [0.15, 0.2) is 0 Å². The van der Waals surface area contributed by atoms with E-state index in [1.165, 1.54) is 0 Å². The Hall–Kier alpha value is -1.86. The van der Waals surface area contributed by atoms with Crippen LogP contribution in [0.25, 0.3) is 0 Å². The number of aryl methyl sites for hydroxylation is 2. The third kappa shape index (κ3) is 3.94. The van der Waals surface area contributed by atoms with E-state index in [0.29, 0.717) is 19.6 Å². The van der Waals surface area contributed by atoms with Gasteiger partial charge in [-0.1, -0.05) is 6.07 Å². The average molecular weight is 377 g/mol. The highest BCUT2D eigenvalue weighted by Crippen LogP contribution is 2.32. The first-order valence-electron chi connectivity index (χ1n) is 9.28. The van der Waals surface area contributed by atoms with Crippen LogP contribution in [0.5, 0.6) is 0 Å². The van der Waals surface area contributed by atoms with Crippen molar-refractivity contribution in [3.63, 3.8) is 0 Å². The number of nitrogens with zero attached hydrogens (tertiary/aromatic N) is 3. The average Bonchev–Trinajstić information content (AvgIpc) is 3.28. The number of hydrogen-bond acceptors (Lipinski definition) is 4. The summed E-state index contributed by atoms with van der Waals surface area (Å²) in [7, 11) is 0. The van der Waals surface area contributed by atoms with E-state index in [4.69, 9.17) is 0 Å². The number of urea groups is 1. The maximum atomic E-state index is 12.5. The molecule has 7 heteroatoms. The molecule has 1 aliphatic heterocycles. The quantitative estimate of drug-likeness (QED) is 0.842. The maximum absolute atomic E-state index is 12.5. The zero-order chi connectivity index (χ0) is 18.7. The number of nitrogens with one attached hydrogen (secondary N) is 1. The van der Waals surface area contributed by atoms with Crippen molar-refractivity contribution < 1.29 is 9.90 Å². The van der Waals surface area contributed by atoms with Gasteiger partial charge in [0.25, 0.3) is 0 Å². The van der Waals surface area contributed by atoms with Crippen LogP contribution in [-0.2, 0) is 13.1 Å². The van der Waals surface area contributed by atoms with E-state index in [0.717, 1.165) is 41.2 Å². The van der Waals surface area contributed by atoms with Crippen molar-refractivity contribution in [2.45, 2.75) is 52.8 Å². The lowest BCUT2D eigenvalue weighted by Crippen LogP contribution is -2.45. The predicted octanol–water partition coefficient (Wildman–Crippen LogP) is 3.24. The summed E-state index contributed by atoms with van der Waals surface area (Å²) in [6, 6.07) is 3.92. The number of aliphatic hydroxyl groups excluding tert-OH is 1. The number of carbonyl (C=O) groups excluding carboxylic acids is 1. The fourth-order valence-corrected chi connectivity index (χ4v) is 4.49. The first-order valence-corrected chi connectivity index (χ1v) is 10.2. The molecule has 1 aliphatic rings. The molecule has 2 aromatic heterocycles. The number of hydrogen-bond donors (Lipinski definition) is 2. The van der Waals surface area contributed by atoms with Crippen LogP contribution in [0.15, 0.2) is 17.5 Å². The molecule has 0 spiro atoms. The van der Waals surface area contributed by atoms with E-state index in [-0.39, 0.29) is 11.9 Å². The second-order valence-electron chi connectivity index (χ2n) is 6.91. The molecule has 2 aromatic rings. The number of thiophene rings is 1. The van der Waals surface area contributed by atoms with Crippen molar-refractivity contribution in [2.24, 2.45) is 5.92 Å². The van der Waals surface area contributed by atoms with Crippen LogP contribution in [0.1, 0.15) is 47.7 Å². The SMILES string of the molecule is CCn1nc(C)c(CNC(=O)N2CCC(C(O)c3cccs3)CC2)c1C. The van der Waals surface area contributed by atoms with Crippen molar-refractivity contribution in [3.8, 4) is 0 Å². The van der Waals surface area contributed by atoms with Crippen LogP contribution in [0.3, 0.4) is 0 Å². The Bertz CT molecular complexity index is 733. The number of aliphatic hydroxyl groups is 1. The number of likely N-dealkylation sites (tertiary alicyclic amines) is 1. The van der Waals surface area contributed by atoms with Gasteiger partial charge >= 0.3 is 6.03 Å². The van der Waals surface area contributed by atoms with Crippen molar-refractivity contribution >= 4 is 17.4 Å². The zero-order valence-corrected chi connectivity index (χ0v) is 16.6. The van der Waals surface area contributed by atoms with Gasteiger partial charge in [0.1, 0.15) is 0 Å². The first-order chi connectivity index (χ1) is 12.5. The summed E-state index contributed by atoms with van der Waals surface area (Å²) in [5.74, 6) is 0.227. The maximum Gasteiger partial charge on any atom is 0.317 e. The third-order valence-corrected chi connectivity index (χ3v) is 6.30. The van der Waals surface area contributed by atoms with Gasteiger partial charge in [-0.3, -0.25) is 4.68 Å². The van der Waals surface area contributed by atoms with E-state index in [2.05, 4.69) is 17.3 Å². The molecule has 1 atom stereocenters. The molecule has 0 radical (unpaired) electrons. The summed E-state index contributed by atoms with van der Waals surface area (Å²) in [6.07, 6.45) is 1.25. The first kappa shape index (κ1) is 18.9. The van der Waals surface area contributed by atoms with Gasteiger partial charge in [0.05, 0.1) is 11.8 Å². The van der Waals surface area contributed by atoms with Crippen molar-refractivity contribution in [2.75, 3.05) is 13.1 Å². The van der Waals surface area contributed by atoms with Crippen LogP contribution < -0.4 is 5.32 Å². The topological polar surface area (TPSA) is 70.4 Å². The number of piperidine rings is 1. The highest BCUT2D eigenvalue weighted by atomic mass is 32.1. The standard InChI is InChI=1S/C19H28N4O2S/c1-4-23-14(3)16(13(2)21-23)12-20-19(25)22-9-7-15(8-10-22)18(24)17-6-5-11-26-17/h5-6,11,15,18,24H,4,7-10,12H2,1-3H3,(H,20,25). The normalized spacial score (nSPS) is 16.7. The molecular formula is C19H28N4O2S. The van der Waals surface area contributed by atoms with Crippen LogP contribution in [0, 0.1) is 19.8 Å². The van der Waals surface area contributed by atoms with Gasteiger partial charge in [-0.25, -0.2) is 4.79 Å². The lowest BCUT2D eigenvalue weighted by molar-refractivity contribution is 0.0689. The molecular weight excluding hydrogens is 348 g/mol. The number of rotatable bonds is 5. The zero-order valence-electron chi connectivity index (χ0n) is 15.7. The van der Waals surface area contributed by atoms with E-state index < -0.39 is 6.10 Å². The molecule has 3 heterocycles. The second kappa shape index (κ2) is 8.22. The lowest BCUT2D eigenvalue weighted by Gasteiger charge is -2.34. The summed E-state index contributed by atoms with van der Waals surface area (Å²) in [5, 5.41) is 20.0. The third-order valence-electron chi connectivity index (χ3n) is 5.36. The number of aromatic nitrogens is 2. The fraction of sp³-hybridized carbons (Fsp3) is 0.579. The van der Waals surface area contributed by atoms with Gasteiger partial charge in [0.2, 0.25) is 0 Å². The molecule has 142 valence electrons. The second-order valence-corrected chi connectivity index (χ2v) is 7.89. The number of amides is 2. The van der Waals surface area contributed by atoms with Crippen LogP contribution in [0.2, 0.25) is 0 Å². The van der Waals surface area contributed by atoms with Gasteiger partial charge in [-0.2, -0.15) is 5.10 Å². The molecule has 2 N–H and O–H groups in total. The highest BCUT2D eigenvalue weighted by molar-refractivity contribution is 7.10. The Balaban J connectivity index is 1.50. The Morgan fingerprint density at radius 2 is 2.15 bits per heavy atom. The molecule has 1 fully saturated rings. The Morgan fingerprint density at radius 3 is 2.73 bits per heavy atom. The summed E-state index contributed by atoms with van der Waals surface area (Å²) >= 11 is 1.59.